The molecule has 0 spiro atoms. The summed E-state index contributed by atoms with van der Waals surface area (Å²) in [4.78, 5) is 8.86. The molecular weight excluding hydrogens is 290 g/mol. The molecule has 1 aliphatic rings. The van der Waals surface area contributed by atoms with Gasteiger partial charge in [-0.1, -0.05) is 23.4 Å². The second-order valence-corrected chi connectivity index (χ2v) is 5.68. The normalized spacial score (nSPS) is 15.3. The van der Waals surface area contributed by atoms with Crippen LogP contribution in [0.25, 0.3) is 11.4 Å². The molecule has 0 amide bonds. The summed E-state index contributed by atoms with van der Waals surface area (Å²) >= 11 is 0. The van der Waals surface area contributed by atoms with Crippen molar-refractivity contribution < 1.29 is 9.26 Å². The third-order valence-corrected chi connectivity index (χ3v) is 4.23. The second kappa shape index (κ2) is 5.50. The predicted molar refractivity (Wildman–Crippen MR) is 85.2 cm³/mol. The molecule has 5 nitrogen and oxygen atoms in total. The summed E-state index contributed by atoms with van der Waals surface area (Å²) in [6, 6.07) is 11.8. The molecule has 0 unspecified atom stereocenters. The summed E-state index contributed by atoms with van der Waals surface area (Å²) < 4.78 is 11.2. The number of nitrogens with zero attached hydrogens (tertiary/aromatic N) is 3. The van der Waals surface area contributed by atoms with Gasteiger partial charge in [-0.15, -0.1) is 0 Å². The third-order valence-electron chi connectivity index (χ3n) is 4.23. The summed E-state index contributed by atoms with van der Waals surface area (Å²) in [5.41, 5.74) is 1.82. The first-order valence-electron chi connectivity index (χ1n) is 7.80. The summed E-state index contributed by atoms with van der Waals surface area (Å²) in [5.74, 6) is 2.00. The number of hydrogen-bond acceptors (Lipinski definition) is 5. The van der Waals surface area contributed by atoms with Crippen molar-refractivity contribution in [2.75, 3.05) is 6.61 Å². The van der Waals surface area contributed by atoms with Crippen LogP contribution in [0.5, 0.6) is 5.75 Å². The van der Waals surface area contributed by atoms with Crippen LogP contribution in [-0.4, -0.2) is 21.7 Å². The first-order valence-corrected chi connectivity index (χ1v) is 7.80. The Kier molecular flexibility index (Phi) is 3.33. The highest BCUT2D eigenvalue weighted by atomic mass is 16.5. The number of pyridine rings is 1. The van der Waals surface area contributed by atoms with Crippen molar-refractivity contribution in [1.29, 1.82) is 0 Å². The molecule has 0 N–H and O–H groups in total. The van der Waals surface area contributed by atoms with Crippen LogP contribution in [0, 0.1) is 0 Å². The lowest BCUT2D eigenvalue weighted by molar-refractivity contribution is 0.340. The maximum Gasteiger partial charge on any atom is 0.237 e. The zero-order valence-corrected chi connectivity index (χ0v) is 12.9. The maximum atomic E-state index is 5.65. The van der Waals surface area contributed by atoms with Gasteiger partial charge in [0.05, 0.1) is 17.6 Å². The molecule has 3 aromatic rings. The molecule has 116 valence electrons. The van der Waals surface area contributed by atoms with E-state index in [2.05, 4.69) is 21.2 Å². The van der Waals surface area contributed by atoms with Gasteiger partial charge < -0.3 is 9.26 Å². The van der Waals surface area contributed by atoms with E-state index in [-0.39, 0.29) is 5.41 Å². The van der Waals surface area contributed by atoms with Crippen LogP contribution in [0.1, 0.15) is 31.2 Å². The average molecular weight is 307 g/mol. The van der Waals surface area contributed by atoms with E-state index in [4.69, 9.17) is 9.26 Å². The lowest BCUT2D eigenvalue weighted by Gasteiger charge is -2.09. The number of hydrogen-bond donors (Lipinski definition) is 0. The van der Waals surface area contributed by atoms with Crippen LogP contribution in [0.4, 0.5) is 0 Å². The molecular formula is C18H17N3O2. The highest BCUT2D eigenvalue weighted by Crippen LogP contribution is 2.52. The smallest absolute Gasteiger partial charge is 0.237 e. The van der Waals surface area contributed by atoms with Gasteiger partial charge in [0.1, 0.15) is 5.75 Å². The maximum absolute atomic E-state index is 5.65. The van der Waals surface area contributed by atoms with Gasteiger partial charge >= 0.3 is 0 Å². The van der Waals surface area contributed by atoms with Gasteiger partial charge in [-0.25, -0.2) is 0 Å². The Balaban J connectivity index is 1.71. The Bertz CT molecular complexity index is 810. The number of rotatable bonds is 5. The highest BCUT2D eigenvalue weighted by Gasteiger charge is 2.51. The molecule has 1 aromatic carbocycles. The first kappa shape index (κ1) is 13.9. The minimum atomic E-state index is -0.167. The summed E-state index contributed by atoms with van der Waals surface area (Å²) in [7, 11) is 0. The van der Waals surface area contributed by atoms with Crippen molar-refractivity contribution in [1.82, 2.24) is 15.1 Å². The van der Waals surface area contributed by atoms with Gasteiger partial charge in [0.15, 0.2) is 0 Å². The van der Waals surface area contributed by atoms with Crippen molar-refractivity contribution in [2.24, 2.45) is 0 Å². The fraction of sp³-hybridized carbons (Fsp3) is 0.278. The molecule has 4 rings (SSSR count). The third kappa shape index (κ3) is 2.38. The van der Waals surface area contributed by atoms with Gasteiger partial charge in [0.25, 0.3) is 0 Å². The minimum Gasteiger partial charge on any atom is -0.493 e. The Morgan fingerprint density at radius 3 is 2.78 bits per heavy atom. The number of ether oxygens (including phenoxy) is 1. The molecule has 0 atom stereocenters. The quantitative estimate of drug-likeness (QED) is 0.720. The fourth-order valence-corrected chi connectivity index (χ4v) is 2.86. The number of para-hydroxylation sites is 1. The van der Waals surface area contributed by atoms with Gasteiger partial charge in [-0.05, 0) is 43.5 Å². The monoisotopic (exact) mass is 307 g/mol. The van der Waals surface area contributed by atoms with Gasteiger partial charge in [0.2, 0.25) is 11.7 Å². The molecule has 2 aromatic heterocycles. The van der Waals surface area contributed by atoms with Crippen LogP contribution < -0.4 is 4.74 Å². The van der Waals surface area contributed by atoms with E-state index in [9.17, 15) is 0 Å². The van der Waals surface area contributed by atoms with Crippen LogP contribution in [0.15, 0.2) is 53.3 Å². The molecule has 0 radical (unpaired) electrons. The Morgan fingerprint density at radius 2 is 2.04 bits per heavy atom. The Hall–Kier alpha value is -2.69. The van der Waals surface area contributed by atoms with Crippen LogP contribution in [-0.2, 0) is 5.41 Å². The second-order valence-electron chi connectivity index (χ2n) is 5.68. The van der Waals surface area contributed by atoms with E-state index in [1.54, 1.807) is 6.20 Å². The molecule has 23 heavy (non-hydrogen) atoms. The summed E-state index contributed by atoms with van der Waals surface area (Å²) in [6.45, 7) is 2.56. The molecule has 5 heteroatoms. The van der Waals surface area contributed by atoms with Gasteiger partial charge in [-0.2, -0.15) is 4.98 Å². The topological polar surface area (TPSA) is 61.0 Å². The van der Waals surface area contributed by atoms with E-state index in [0.29, 0.717) is 18.3 Å². The van der Waals surface area contributed by atoms with E-state index >= 15 is 0 Å². The lowest BCUT2D eigenvalue weighted by atomic mass is 9.98. The number of aromatic nitrogens is 3. The molecule has 1 fully saturated rings. The SMILES string of the molecule is CCOc1ccccc1-c1noc(C2(c3cccnc3)CC2)n1. The predicted octanol–water partition coefficient (Wildman–Crippen LogP) is 3.61. The van der Waals surface area contributed by atoms with Crippen molar-refractivity contribution in [3.05, 3.63) is 60.2 Å². The Labute approximate surface area is 134 Å². The number of benzene rings is 1. The van der Waals surface area contributed by atoms with Crippen LogP contribution in [0.2, 0.25) is 0 Å². The lowest BCUT2D eigenvalue weighted by Crippen LogP contribution is -2.09. The van der Waals surface area contributed by atoms with Crippen molar-refractivity contribution in [2.45, 2.75) is 25.2 Å². The van der Waals surface area contributed by atoms with Crippen molar-refractivity contribution in [3.63, 3.8) is 0 Å². The largest absolute Gasteiger partial charge is 0.493 e. The molecule has 1 aliphatic carbocycles. The highest BCUT2D eigenvalue weighted by molar-refractivity contribution is 5.63. The van der Waals surface area contributed by atoms with E-state index in [0.717, 1.165) is 29.7 Å². The molecule has 2 heterocycles. The molecule has 0 bridgehead atoms. The van der Waals surface area contributed by atoms with Crippen LogP contribution in [0.3, 0.4) is 0 Å². The van der Waals surface area contributed by atoms with E-state index in [1.807, 2.05) is 43.5 Å². The minimum absolute atomic E-state index is 0.167. The summed E-state index contributed by atoms with van der Waals surface area (Å²) in [5, 5.41) is 4.17. The first-order chi connectivity index (χ1) is 11.3. The van der Waals surface area contributed by atoms with E-state index in [1.165, 1.54) is 0 Å². The zero-order valence-electron chi connectivity index (χ0n) is 12.9. The molecule has 0 aliphatic heterocycles. The van der Waals surface area contributed by atoms with Crippen LogP contribution >= 0.6 is 0 Å². The molecule has 0 saturated heterocycles. The standard InChI is InChI=1S/C18H17N3O2/c1-2-22-15-8-4-3-7-14(15)16-20-17(23-21-16)18(9-10-18)13-6-5-11-19-12-13/h3-8,11-12H,2,9-10H2,1H3. The Morgan fingerprint density at radius 1 is 1.17 bits per heavy atom. The zero-order chi connectivity index (χ0) is 15.7. The molecule has 1 saturated carbocycles. The van der Waals surface area contributed by atoms with Crippen molar-refractivity contribution >= 4 is 0 Å². The average Bonchev–Trinajstić information content (AvgIpc) is 3.27. The fourth-order valence-electron chi connectivity index (χ4n) is 2.86. The van der Waals surface area contributed by atoms with Gasteiger partial charge in [0, 0.05) is 12.4 Å². The van der Waals surface area contributed by atoms with Crippen molar-refractivity contribution in [3.8, 4) is 17.1 Å². The van der Waals surface area contributed by atoms with E-state index < -0.39 is 0 Å². The summed E-state index contributed by atoms with van der Waals surface area (Å²) in [6.07, 6.45) is 5.67. The van der Waals surface area contributed by atoms with Gasteiger partial charge in [-0.3, -0.25) is 4.98 Å².